The number of nitro benzene ring substituents is 1. The topological polar surface area (TPSA) is 72.2 Å². The van der Waals surface area contributed by atoms with Crippen molar-refractivity contribution in [2.45, 2.75) is 0 Å². The third-order valence-corrected chi connectivity index (χ3v) is 3.43. The first kappa shape index (κ1) is 14.5. The number of hydrogen-bond donors (Lipinski definition) is 1. The van der Waals surface area contributed by atoms with Gasteiger partial charge in [-0.1, -0.05) is 11.6 Å². The molecule has 7 heteroatoms. The summed E-state index contributed by atoms with van der Waals surface area (Å²) in [4.78, 5) is 22.1. The van der Waals surface area contributed by atoms with E-state index < -0.39 is 4.92 Å². The van der Waals surface area contributed by atoms with Crippen LogP contribution in [0.25, 0.3) is 0 Å². The fourth-order valence-corrected chi connectivity index (χ4v) is 2.11. The zero-order chi connectivity index (χ0) is 14.7. The van der Waals surface area contributed by atoms with Crippen LogP contribution in [0.3, 0.4) is 0 Å². The van der Waals surface area contributed by atoms with Crippen molar-refractivity contribution in [3.05, 3.63) is 67.6 Å². The minimum atomic E-state index is -0.504. The smallest absolute Gasteiger partial charge is 0.270 e. The van der Waals surface area contributed by atoms with Crippen molar-refractivity contribution in [3.8, 4) is 0 Å². The first-order valence-electron chi connectivity index (χ1n) is 5.48. The van der Waals surface area contributed by atoms with Crippen molar-refractivity contribution in [3.63, 3.8) is 0 Å². The molecule has 1 N–H and O–H groups in total. The van der Waals surface area contributed by atoms with Gasteiger partial charge in [0.25, 0.3) is 11.6 Å². The van der Waals surface area contributed by atoms with E-state index in [9.17, 15) is 14.9 Å². The van der Waals surface area contributed by atoms with Crippen LogP contribution in [0.4, 0.5) is 11.4 Å². The van der Waals surface area contributed by atoms with E-state index in [1.54, 1.807) is 24.3 Å². The highest BCUT2D eigenvalue weighted by Gasteiger charge is 2.12. The van der Waals surface area contributed by atoms with Gasteiger partial charge in [0.2, 0.25) is 0 Å². The second-order valence-electron chi connectivity index (χ2n) is 3.88. The van der Waals surface area contributed by atoms with E-state index in [2.05, 4.69) is 21.2 Å². The van der Waals surface area contributed by atoms with Gasteiger partial charge in [-0.2, -0.15) is 0 Å². The number of rotatable bonds is 3. The highest BCUT2D eigenvalue weighted by molar-refractivity contribution is 9.10. The largest absolute Gasteiger partial charge is 0.321 e. The van der Waals surface area contributed by atoms with Crippen LogP contribution >= 0.6 is 27.5 Å². The number of benzene rings is 2. The Kier molecular flexibility index (Phi) is 4.36. The van der Waals surface area contributed by atoms with Gasteiger partial charge in [-0.3, -0.25) is 14.9 Å². The summed E-state index contributed by atoms with van der Waals surface area (Å²) in [5.41, 5.74) is 0.844. The van der Waals surface area contributed by atoms with Crippen LogP contribution in [-0.4, -0.2) is 10.8 Å². The average molecular weight is 356 g/mol. The molecule has 1 amide bonds. The highest BCUT2D eigenvalue weighted by atomic mass is 79.9. The van der Waals surface area contributed by atoms with Crippen LogP contribution in [0.1, 0.15) is 10.4 Å². The predicted molar refractivity (Wildman–Crippen MR) is 80.2 cm³/mol. The Hall–Kier alpha value is -1.92. The third-order valence-electron chi connectivity index (χ3n) is 2.52. The number of amides is 1. The maximum Gasteiger partial charge on any atom is 0.270 e. The van der Waals surface area contributed by atoms with E-state index >= 15 is 0 Å². The van der Waals surface area contributed by atoms with Crippen LogP contribution < -0.4 is 5.32 Å². The summed E-state index contributed by atoms with van der Waals surface area (Å²) in [7, 11) is 0. The summed E-state index contributed by atoms with van der Waals surface area (Å²) in [5, 5.41) is 13.8. The molecule has 0 aromatic heterocycles. The maximum atomic E-state index is 12.0. The minimum absolute atomic E-state index is 0.0543. The summed E-state index contributed by atoms with van der Waals surface area (Å²) >= 11 is 8.93. The van der Waals surface area contributed by atoms with Gasteiger partial charge >= 0.3 is 0 Å². The lowest BCUT2D eigenvalue weighted by molar-refractivity contribution is -0.384. The first-order valence-corrected chi connectivity index (χ1v) is 6.65. The molecule has 5 nitrogen and oxygen atoms in total. The second-order valence-corrected chi connectivity index (χ2v) is 5.17. The number of hydrogen-bond acceptors (Lipinski definition) is 3. The molecule has 0 fully saturated rings. The van der Waals surface area contributed by atoms with Crippen molar-refractivity contribution >= 4 is 44.8 Å². The van der Waals surface area contributed by atoms with Gasteiger partial charge in [0.1, 0.15) is 0 Å². The van der Waals surface area contributed by atoms with Crippen LogP contribution in [0.15, 0.2) is 46.9 Å². The third kappa shape index (κ3) is 3.34. The van der Waals surface area contributed by atoms with Crippen molar-refractivity contribution in [2.75, 3.05) is 5.32 Å². The minimum Gasteiger partial charge on any atom is -0.321 e. The number of carbonyl (C=O) groups excluding carboxylic acids is 1. The molecule has 2 aromatic carbocycles. The molecule has 0 saturated heterocycles. The van der Waals surface area contributed by atoms with Gasteiger partial charge < -0.3 is 5.32 Å². The van der Waals surface area contributed by atoms with E-state index in [4.69, 9.17) is 11.6 Å². The van der Waals surface area contributed by atoms with E-state index in [0.717, 1.165) is 0 Å². The van der Waals surface area contributed by atoms with Gasteiger partial charge in [0.05, 0.1) is 10.6 Å². The molecule has 20 heavy (non-hydrogen) atoms. The molecule has 0 radical (unpaired) electrons. The lowest BCUT2D eigenvalue weighted by Crippen LogP contribution is -2.12. The molecule has 0 bridgehead atoms. The number of nitrogens with one attached hydrogen (secondary N) is 1. The fraction of sp³-hybridized carbons (Fsp3) is 0. The maximum absolute atomic E-state index is 12.0. The molecular weight excluding hydrogens is 348 g/mol. The lowest BCUT2D eigenvalue weighted by atomic mass is 10.2. The Bertz CT molecular complexity index is 674. The summed E-state index contributed by atoms with van der Waals surface area (Å²) in [6, 6.07) is 10.5. The normalized spacial score (nSPS) is 10.1. The molecule has 0 atom stereocenters. The first-order chi connectivity index (χ1) is 9.47. The van der Waals surface area contributed by atoms with Crippen molar-refractivity contribution in [2.24, 2.45) is 0 Å². The Labute approximate surface area is 127 Å². The number of nitrogens with zero attached hydrogens (tertiary/aromatic N) is 1. The standard InChI is InChI=1S/C13H8BrClN2O3/c14-11-7-10(17(19)20)5-6-12(11)16-13(18)8-1-3-9(15)4-2-8/h1-7H,(H,16,18). The molecule has 0 aliphatic heterocycles. The number of anilines is 1. The molecule has 102 valence electrons. The van der Waals surface area contributed by atoms with Gasteiger partial charge in [-0.15, -0.1) is 0 Å². The molecule has 0 aliphatic rings. The van der Waals surface area contributed by atoms with Gasteiger partial charge in [0.15, 0.2) is 0 Å². The molecule has 0 heterocycles. The summed E-state index contributed by atoms with van der Waals surface area (Å²) in [6.45, 7) is 0. The molecule has 2 rings (SSSR count). The van der Waals surface area contributed by atoms with Gasteiger partial charge in [-0.05, 0) is 46.3 Å². The second kappa shape index (κ2) is 6.02. The number of halogens is 2. The Balaban J connectivity index is 2.19. The number of carbonyl (C=O) groups is 1. The zero-order valence-electron chi connectivity index (χ0n) is 9.97. The van der Waals surface area contributed by atoms with Gasteiger partial charge in [-0.25, -0.2) is 0 Å². The van der Waals surface area contributed by atoms with Crippen LogP contribution in [0.5, 0.6) is 0 Å². The average Bonchev–Trinajstić information content (AvgIpc) is 2.41. The highest BCUT2D eigenvalue weighted by Crippen LogP contribution is 2.27. The molecular formula is C13H8BrClN2O3. The SMILES string of the molecule is O=C(Nc1ccc([N+](=O)[O-])cc1Br)c1ccc(Cl)cc1. The molecule has 2 aromatic rings. The predicted octanol–water partition coefficient (Wildman–Crippen LogP) is 4.26. The van der Waals surface area contributed by atoms with Crippen LogP contribution in [-0.2, 0) is 0 Å². The Morgan fingerprint density at radius 1 is 1.20 bits per heavy atom. The summed E-state index contributed by atoms with van der Waals surface area (Å²) < 4.78 is 0.439. The van der Waals surface area contributed by atoms with Crippen molar-refractivity contribution in [1.29, 1.82) is 0 Å². The summed E-state index contributed by atoms with van der Waals surface area (Å²) in [5.74, 6) is -0.323. The van der Waals surface area contributed by atoms with Crippen LogP contribution in [0.2, 0.25) is 5.02 Å². The van der Waals surface area contributed by atoms with E-state index in [1.807, 2.05) is 0 Å². The summed E-state index contributed by atoms with van der Waals surface area (Å²) in [6.07, 6.45) is 0. The van der Waals surface area contributed by atoms with E-state index in [1.165, 1.54) is 18.2 Å². The number of non-ortho nitro benzene ring substituents is 1. The van der Waals surface area contributed by atoms with Crippen molar-refractivity contribution < 1.29 is 9.72 Å². The van der Waals surface area contributed by atoms with E-state index in [-0.39, 0.29) is 11.6 Å². The van der Waals surface area contributed by atoms with Gasteiger partial charge in [0, 0.05) is 27.2 Å². The molecule has 0 saturated carbocycles. The quantitative estimate of drug-likeness (QED) is 0.660. The zero-order valence-corrected chi connectivity index (χ0v) is 12.3. The van der Waals surface area contributed by atoms with Crippen molar-refractivity contribution in [1.82, 2.24) is 0 Å². The Morgan fingerprint density at radius 3 is 2.40 bits per heavy atom. The van der Waals surface area contributed by atoms with Crippen LogP contribution in [0, 0.1) is 10.1 Å². The van der Waals surface area contributed by atoms with E-state index in [0.29, 0.717) is 20.7 Å². The monoisotopic (exact) mass is 354 g/mol. The molecule has 0 spiro atoms. The number of nitro groups is 1. The lowest BCUT2D eigenvalue weighted by Gasteiger charge is -2.07. The fourth-order valence-electron chi connectivity index (χ4n) is 1.51. The Morgan fingerprint density at radius 2 is 1.85 bits per heavy atom. The molecule has 0 unspecified atom stereocenters. The molecule has 0 aliphatic carbocycles.